The Morgan fingerprint density at radius 3 is 2.18 bits per heavy atom. The van der Waals surface area contributed by atoms with Crippen LogP contribution in [0.3, 0.4) is 0 Å². The topological polar surface area (TPSA) is 222 Å². The average Bonchev–Trinajstić information content (AvgIpc) is 3.24. The summed E-state index contributed by atoms with van der Waals surface area (Å²) in [5, 5.41) is 16.5. The van der Waals surface area contributed by atoms with Gasteiger partial charge < -0.3 is 37.5 Å². The summed E-state index contributed by atoms with van der Waals surface area (Å²) in [5.74, 6) is -4.64. The van der Waals surface area contributed by atoms with Crippen LogP contribution < -0.4 is 27.4 Å². The molecular formula is C19H31N7O6S. The molecule has 1 aromatic rings. The van der Waals surface area contributed by atoms with Crippen molar-refractivity contribution in [1.82, 2.24) is 25.9 Å². The summed E-state index contributed by atoms with van der Waals surface area (Å²) in [4.78, 5) is 67.0. The fourth-order valence-electron chi connectivity index (χ4n) is 2.79. The summed E-state index contributed by atoms with van der Waals surface area (Å²) >= 11 is 4.05. The number of primary amides is 1. The van der Waals surface area contributed by atoms with Crippen LogP contribution >= 0.6 is 12.6 Å². The number of nitrogens with one attached hydrogen (secondary N) is 4. The van der Waals surface area contributed by atoms with Gasteiger partial charge in [0.1, 0.15) is 18.1 Å². The number of carboxylic acids is 1. The highest BCUT2D eigenvalue weighted by Crippen LogP contribution is 2.05. The number of aliphatic carboxylic acids is 1. The summed E-state index contributed by atoms with van der Waals surface area (Å²) in [5.41, 5.74) is 11.7. The Labute approximate surface area is 196 Å². The molecular weight excluding hydrogens is 454 g/mol. The van der Waals surface area contributed by atoms with Gasteiger partial charge in [0.25, 0.3) is 0 Å². The predicted octanol–water partition coefficient (Wildman–Crippen LogP) is -2.33. The Kier molecular flexibility index (Phi) is 11.4. The highest BCUT2D eigenvalue weighted by atomic mass is 32.1. The minimum absolute atomic E-state index is 0.128. The minimum Gasteiger partial charge on any atom is -0.480 e. The lowest BCUT2D eigenvalue weighted by Gasteiger charge is -2.25. The van der Waals surface area contributed by atoms with Crippen LogP contribution in [-0.2, 0) is 30.4 Å². The van der Waals surface area contributed by atoms with E-state index in [1.807, 2.05) is 0 Å². The lowest BCUT2D eigenvalue weighted by molar-refractivity contribution is -0.143. The van der Waals surface area contributed by atoms with Gasteiger partial charge in [0.2, 0.25) is 23.6 Å². The summed E-state index contributed by atoms with van der Waals surface area (Å²) in [6.45, 7) is 3.24. The molecule has 1 heterocycles. The lowest BCUT2D eigenvalue weighted by atomic mass is 10.0. The third-order valence-corrected chi connectivity index (χ3v) is 5.06. The van der Waals surface area contributed by atoms with E-state index in [2.05, 4.69) is 38.5 Å². The normalized spacial score (nSPS) is 14.6. The number of amides is 4. The van der Waals surface area contributed by atoms with Crippen LogP contribution in [0.15, 0.2) is 12.5 Å². The maximum Gasteiger partial charge on any atom is 0.326 e. The number of imidazole rings is 1. The molecule has 4 unspecified atom stereocenters. The average molecular weight is 486 g/mol. The number of rotatable bonds is 14. The van der Waals surface area contributed by atoms with Gasteiger partial charge in [0.05, 0.1) is 12.4 Å². The fraction of sp³-hybridized carbons (Fsp3) is 0.579. The molecule has 4 amide bonds. The van der Waals surface area contributed by atoms with Crippen molar-refractivity contribution in [2.45, 2.75) is 57.3 Å². The van der Waals surface area contributed by atoms with Crippen LogP contribution in [0.2, 0.25) is 0 Å². The maximum atomic E-state index is 12.8. The number of H-pyrrole nitrogens is 1. The number of hydrogen-bond donors (Lipinski definition) is 8. The summed E-state index contributed by atoms with van der Waals surface area (Å²) in [7, 11) is 0. The molecule has 0 aliphatic heterocycles. The van der Waals surface area contributed by atoms with Gasteiger partial charge in [-0.2, -0.15) is 12.6 Å². The van der Waals surface area contributed by atoms with Crippen molar-refractivity contribution in [3.05, 3.63) is 18.2 Å². The molecule has 0 aromatic carbocycles. The first kappa shape index (κ1) is 27.9. The number of aromatic amines is 1. The SMILES string of the molecule is CC(C)C(NC(=O)C(CS)NC(=O)C(CCC(N)=O)NC(=O)C(N)Cc1cnc[nH]1)C(=O)O. The molecule has 1 aromatic heterocycles. The zero-order chi connectivity index (χ0) is 25.1. The highest BCUT2D eigenvalue weighted by Gasteiger charge is 2.31. The number of carbonyl (C=O) groups is 5. The van der Waals surface area contributed by atoms with Gasteiger partial charge in [-0.05, 0) is 12.3 Å². The quantitative estimate of drug-likeness (QED) is 0.133. The van der Waals surface area contributed by atoms with E-state index in [0.717, 1.165) is 0 Å². The van der Waals surface area contributed by atoms with Crippen LogP contribution in [0, 0.1) is 5.92 Å². The number of thiol groups is 1. The van der Waals surface area contributed by atoms with E-state index >= 15 is 0 Å². The monoisotopic (exact) mass is 485 g/mol. The number of carboxylic acid groups (broad SMARTS) is 1. The van der Waals surface area contributed by atoms with Gasteiger partial charge in [0.15, 0.2) is 0 Å². The predicted molar refractivity (Wildman–Crippen MR) is 121 cm³/mol. The van der Waals surface area contributed by atoms with Crippen LogP contribution in [0.4, 0.5) is 0 Å². The van der Waals surface area contributed by atoms with Crippen LogP contribution in [0.5, 0.6) is 0 Å². The zero-order valence-corrected chi connectivity index (χ0v) is 19.3. The molecule has 0 aliphatic rings. The van der Waals surface area contributed by atoms with E-state index in [1.54, 1.807) is 13.8 Å². The van der Waals surface area contributed by atoms with Crippen molar-refractivity contribution in [3.63, 3.8) is 0 Å². The molecule has 33 heavy (non-hydrogen) atoms. The van der Waals surface area contributed by atoms with E-state index in [0.29, 0.717) is 5.69 Å². The Bertz CT molecular complexity index is 833. The van der Waals surface area contributed by atoms with Gasteiger partial charge in [-0.1, -0.05) is 13.8 Å². The zero-order valence-electron chi connectivity index (χ0n) is 18.4. The Morgan fingerprint density at radius 1 is 1.09 bits per heavy atom. The molecule has 0 radical (unpaired) electrons. The molecule has 0 bridgehead atoms. The van der Waals surface area contributed by atoms with E-state index in [1.165, 1.54) is 12.5 Å². The maximum absolute atomic E-state index is 12.8. The van der Waals surface area contributed by atoms with Crippen LogP contribution in [0.1, 0.15) is 32.4 Å². The molecule has 0 aliphatic carbocycles. The largest absolute Gasteiger partial charge is 0.480 e. The summed E-state index contributed by atoms with van der Waals surface area (Å²) in [6.07, 6.45) is 2.72. The first-order valence-electron chi connectivity index (χ1n) is 10.2. The lowest BCUT2D eigenvalue weighted by Crippen LogP contribution is -2.58. The molecule has 0 saturated carbocycles. The van der Waals surface area contributed by atoms with Crippen LogP contribution in [-0.4, -0.2) is 74.6 Å². The van der Waals surface area contributed by atoms with Crippen molar-refractivity contribution in [2.75, 3.05) is 5.75 Å². The molecule has 4 atom stereocenters. The van der Waals surface area contributed by atoms with Gasteiger partial charge in [-0.25, -0.2) is 9.78 Å². The third-order valence-electron chi connectivity index (χ3n) is 4.69. The summed E-state index contributed by atoms with van der Waals surface area (Å²) in [6, 6.07) is -4.58. The molecule has 13 nitrogen and oxygen atoms in total. The minimum atomic E-state index is -1.22. The van der Waals surface area contributed by atoms with Gasteiger partial charge in [-0.3, -0.25) is 19.2 Å². The second-order valence-electron chi connectivity index (χ2n) is 7.77. The van der Waals surface area contributed by atoms with Crippen molar-refractivity contribution in [3.8, 4) is 0 Å². The molecule has 1 rings (SSSR count). The molecule has 14 heteroatoms. The van der Waals surface area contributed by atoms with Gasteiger partial charge in [0, 0.05) is 30.5 Å². The van der Waals surface area contributed by atoms with Crippen molar-refractivity contribution < 1.29 is 29.1 Å². The van der Waals surface area contributed by atoms with Crippen molar-refractivity contribution in [1.29, 1.82) is 0 Å². The number of aromatic nitrogens is 2. The highest BCUT2D eigenvalue weighted by molar-refractivity contribution is 7.80. The Balaban J connectivity index is 2.86. The second-order valence-corrected chi connectivity index (χ2v) is 8.13. The molecule has 0 saturated heterocycles. The van der Waals surface area contributed by atoms with Crippen LogP contribution in [0.25, 0.3) is 0 Å². The van der Waals surface area contributed by atoms with Crippen molar-refractivity contribution in [2.24, 2.45) is 17.4 Å². The molecule has 0 spiro atoms. The molecule has 9 N–H and O–H groups in total. The summed E-state index contributed by atoms with van der Waals surface area (Å²) < 4.78 is 0. The number of carbonyl (C=O) groups excluding carboxylic acids is 4. The fourth-order valence-corrected chi connectivity index (χ4v) is 3.05. The van der Waals surface area contributed by atoms with Gasteiger partial charge in [-0.15, -0.1) is 0 Å². The second kappa shape index (κ2) is 13.4. The third kappa shape index (κ3) is 9.49. The smallest absolute Gasteiger partial charge is 0.326 e. The first-order chi connectivity index (χ1) is 15.5. The number of nitrogens with zero attached hydrogens (tertiary/aromatic N) is 1. The van der Waals surface area contributed by atoms with E-state index in [9.17, 15) is 29.1 Å². The van der Waals surface area contributed by atoms with E-state index in [4.69, 9.17) is 11.5 Å². The number of hydrogen-bond acceptors (Lipinski definition) is 8. The molecule has 184 valence electrons. The Morgan fingerprint density at radius 2 is 1.70 bits per heavy atom. The van der Waals surface area contributed by atoms with E-state index in [-0.39, 0.29) is 25.0 Å². The molecule has 0 fully saturated rings. The first-order valence-corrected chi connectivity index (χ1v) is 10.8. The Hall–Kier alpha value is -3.13. The standard InChI is InChI=1S/C19H31N7O6S/c1-9(2)15(19(31)32)26-18(30)13(7-33)25-17(29)12(3-4-14(21)27)24-16(28)11(20)5-10-6-22-8-23-10/h6,8-9,11-13,15,33H,3-5,7,20H2,1-2H3,(H2,21,27)(H,22,23)(H,24,28)(H,25,29)(H,26,30)(H,31,32). The van der Waals surface area contributed by atoms with Gasteiger partial charge >= 0.3 is 5.97 Å². The van der Waals surface area contributed by atoms with Crippen molar-refractivity contribution >= 4 is 42.2 Å². The van der Waals surface area contributed by atoms with E-state index < -0.39 is 59.7 Å². The number of nitrogens with two attached hydrogens (primary N) is 2.